The molecule has 13 rings (SSSR count). The third-order valence-corrected chi connectivity index (χ3v) is 27.6. The lowest BCUT2D eigenvalue weighted by Crippen LogP contribution is -2.55. The van der Waals surface area contributed by atoms with E-state index in [2.05, 4.69) is 207 Å². The standard InChI is InChI=1S/C66H64N2O2Si2/c1-5-9-35-71(36-10-6-2)63-27-19-13-21-51(63)53-41-61-57(43-65(53)71)67(55-23-15-17-25-59(55)69-61)47-31-33-49-45(39-47)29-30-46-40-48(32-34-50(46)49)68-56-24-16-18-26-60(56)70-62-42-54-52-22-14-20-28-64(52)72(37-11-7-3,38-12-8-4)66(54)44-58(62)68/h13-34,39-44H,5-12,35-38H2,1-4H3. The Hall–Kier alpha value is -6.87. The van der Waals surface area contributed by atoms with Gasteiger partial charge in [0.2, 0.25) is 0 Å². The molecule has 0 bridgehead atoms. The minimum absolute atomic E-state index is 0.888. The van der Waals surface area contributed by atoms with Crippen molar-refractivity contribution < 1.29 is 9.47 Å². The molecule has 9 aromatic rings. The lowest BCUT2D eigenvalue weighted by Gasteiger charge is -2.36. The predicted octanol–water partition coefficient (Wildman–Crippen LogP) is 17.4. The second-order valence-corrected chi connectivity index (χ2v) is 29.6. The summed E-state index contributed by atoms with van der Waals surface area (Å²) in [7, 11) is -4.11. The van der Waals surface area contributed by atoms with Crippen molar-refractivity contribution in [3.05, 3.63) is 170 Å². The van der Waals surface area contributed by atoms with Gasteiger partial charge in [-0.05, 0) is 162 Å². The molecule has 4 aliphatic rings. The van der Waals surface area contributed by atoms with Gasteiger partial charge in [0, 0.05) is 11.4 Å². The first-order valence-electron chi connectivity index (χ1n) is 27.2. The molecule has 0 N–H and O–H groups in total. The molecule has 0 unspecified atom stereocenters. The van der Waals surface area contributed by atoms with E-state index in [0.717, 1.165) is 57.1 Å². The summed E-state index contributed by atoms with van der Waals surface area (Å²) in [4.78, 5) is 4.96. The number of para-hydroxylation sites is 4. The third-order valence-electron chi connectivity index (χ3n) is 17.0. The van der Waals surface area contributed by atoms with Crippen molar-refractivity contribution in [1.82, 2.24) is 0 Å². The largest absolute Gasteiger partial charge is 0.453 e. The first-order chi connectivity index (χ1) is 35.5. The van der Waals surface area contributed by atoms with E-state index < -0.39 is 16.1 Å². The molecular weight excluding hydrogens is 909 g/mol. The molecule has 0 fully saturated rings. The van der Waals surface area contributed by atoms with Crippen molar-refractivity contribution in [2.75, 3.05) is 9.80 Å². The number of unbranched alkanes of at least 4 members (excludes halogenated alkanes) is 4. The van der Waals surface area contributed by atoms with Crippen molar-refractivity contribution in [3.63, 3.8) is 0 Å². The van der Waals surface area contributed by atoms with Crippen LogP contribution in [0.2, 0.25) is 24.2 Å². The van der Waals surface area contributed by atoms with Crippen molar-refractivity contribution in [2.24, 2.45) is 0 Å². The first kappa shape index (κ1) is 45.0. The van der Waals surface area contributed by atoms with Crippen LogP contribution in [0.1, 0.15) is 79.1 Å². The highest BCUT2D eigenvalue weighted by atomic mass is 28.3. The third kappa shape index (κ3) is 6.89. The molecule has 72 heavy (non-hydrogen) atoms. The molecule has 0 radical (unpaired) electrons. The van der Waals surface area contributed by atoms with Gasteiger partial charge in [-0.15, -0.1) is 0 Å². The first-order valence-corrected chi connectivity index (χ1v) is 32.0. The molecule has 9 aromatic carbocycles. The second kappa shape index (κ2) is 18.0. The van der Waals surface area contributed by atoms with E-state index in [9.17, 15) is 0 Å². The van der Waals surface area contributed by atoms with Gasteiger partial charge in [0.05, 0.1) is 22.7 Å². The molecule has 0 aliphatic carbocycles. The monoisotopic (exact) mass is 972 g/mol. The maximum atomic E-state index is 6.89. The maximum absolute atomic E-state index is 6.89. The Kier molecular flexibility index (Phi) is 11.3. The predicted molar refractivity (Wildman–Crippen MR) is 311 cm³/mol. The molecule has 6 heteroatoms. The van der Waals surface area contributed by atoms with Crippen LogP contribution in [0, 0.1) is 0 Å². The van der Waals surface area contributed by atoms with E-state index in [0.29, 0.717) is 0 Å². The van der Waals surface area contributed by atoms with Crippen LogP contribution in [-0.2, 0) is 0 Å². The minimum Gasteiger partial charge on any atom is -0.453 e. The topological polar surface area (TPSA) is 24.9 Å². The van der Waals surface area contributed by atoms with Gasteiger partial charge in [-0.25, -0.2) is 0 Å². The quantitative estimate of drug-likeness (QED) is 0.0801. The summed E-state index contributed by atoms with van der Waals surface area (Å²) in [6.07, 6.45) is 9.89. The van der Waals surface area contributed by atoms with Crippen molar-refractivity contribution >= 4 is 92.6 Å². The smallest absolute Gasteiger partial charge is 0.152 e. The highest BCUT2D eigenvalue weighted by Crippen LogP contribution is 2.55. The van der Waals surface area contributed by atoms with Gasteiger partial charge in [0.1, 0.15) is 16.1 Å². The van der Waals surface area contributed by atoms with E-state index in [1.807, 2.05) is 0 Å². The Morgan fingerprint density at radius 3 is 1.14 bits per heavy atom. The molecule has 0 saturated heterocycles. The van der Waals surface area contributed by atoms with Crippen molar-refractivity contribution in [3.8, 4) is 45.3 Å². The Balaban J connectivity index is 0.921. The summed E-state index contributed by atoms with van der Waals surface area (Å²) in [6.45, 7) is 9.40. The van der Waals surface area contributed by atoms with E-state index >= 15 is 0 Å². The molecular formula is C66H64N2O2Si2. The fourth-order valence-electron chi connectivity index (χ4n) is 13.5. The summed E-state index contributed by atoms with van der Waals surface area (Å²) in [5.41, 5.74) is 12.4. The summed E-state index contributed by atoms with van der Waals surface area (Å²) in [5, 5.41) is 11.4. The molecule has 0 amide bonds. The zero-order valence-corrected chi connectivity index (χ0v) is 44.4. The number of fused-ring (bicyclic) bond motifs is 13. The number of rotatable bonds is 14. The van der Waals surface area contributed by atoms with E-state index in [-0.39, 0.29) is 0 Å². The number of hydrogen-bond acceptors (Lipinski definition) is 4. The summed E-state index contributed by atoms with van der Waals surface area (Å²) in [5.74, 6) is 3.64. The lowest BCUT2D eigenvalue weighted by atomic mass is 9.99. The Morgan fingerprint density at radius 1 is 0.333 bits per heavy atom. The number of hydrogen-bond donors (Lipinski definition) is 0. The molecule has 358 valence electrons. The Morgan fingerprint density at radius 2 is 0.722 bits per heavy atom. The Labute approximate surface area is 427 Å². The number of ether oxygens (including phenoxy) is 2. The van der Waals surface area contributed by atoms with Crippen LogP contribution in [0.5, 0.6) is 23.0 Å². The van der Waals surface area contributed by atoms with Gasteiger partial charge in [0.25, 0.3) is 0 Å². The van der Waals surface area contributed by atoms with Crippen LogP contribution >= 0.6 is 0 Å². The minimum atomic E-state index is -2.05. The maximum Gasteiger partial charge on any atom is 0.152 e. The molecule has 4 heterocycles. The van der Waals surface area contributed by atoms with Gasteiger partial charge >= 0.3 is 0 Å². The van der Waals surface area contributed by atoms with Crippen LogP contribution in [0.4, 0.5) is 34.1 Å². The highest BCUT2D eigenvalue weighted by Gasteiger charge is 2.47. The SMILES string of the molecule is CCCC[Si]1(CCCC)c2ccccc2-c2cc3c(cc21)N(c1ccc2c(ccc4cc(N5c6ccccc6Oc6cc7c(cc65)[Si](CCCC)(CCCC)c5ccccc5-7)ccc42)c1)c1ccccc1O3. The van der Waals surface area contributed by atoms with E-state index in [1.165, 1.54) is 119 Å². The van der Waals surface area contributed by atoms with Crippen LogP contribution in [0.15, 0.2) is 170 Å². The number of anilines is 6. The molecule has 4 aliphatic heterocycles. The van der Waals surface area contributed by atoms with Gasteiger partial charge in [-0.1, -0.05) is 176 Å². The van der Waals surface area contributed by atoms with E-state index in [1.54, 1.807) is 20.7 Å². The zero-order chi connectivity index (χ0) is 48.6. The average molecular weight is 973 g/mol. The number of nitrogens with zero attached hydrogens (tertiary/aromatic N) is 2. The summed E-state index contributed by atoms with van der Waals surface area (Å²) < 4.78 is 13.8. The molecule has 0 atom stereocenters. The number of benzene rings is 9. The Bertz CT molecular complexity index is 3350. The highest BCUT2D eigenvalue weighted by molar-refractivity contribution is 7.06. The summed E-state index contributed by atoms with van der Waals surface area (Å²) in [6, 6.07) is 69.7. The van der Waals surface area contributed by atoms with Gasteiger partial charge in [-0.2, -0.15) is 0 Å². The molecule has 0 saturated carbocycles. The van der Waals surface area contributed by atoms with Crippen LogP contribution in [-0.4, -0.2) is 16.1 Å². The second-order valence-electron chi connectivity index (χ2n) is 21.1. The lowest BCUT2D eigenvalue weighted by molar-refractivity contribution is 0.477. The van der Waals surface area contributed by atoms with Gasteiger partial charge in [0.15, 0.2) is 23.0 Å². The zero-order valence-electron chi connectivity index (χ0n) is 42.4. The van der Waals surface area contributed by atoms with Crippen LogP contribution in [0.25, 0.3) is 43.8 Å². The van der Waals surface area contributed by atoms with Crippen LogP contribution < -0.4 is 40.0 Å². The normalized spacial score (nSPS) is 14.9. The fourth-order valence-corrected chi connectivity index (χ4v) is 25.2. The fraction of sp³-hybridized carbons (Fsp3) is 0.242. The van der Waals surface area contributed by atoms with Crippen molar-refractivity contribution in [2.45, 2.75) is 103 Å². The van der Waals surface area contributed by atoms with Crippen LogP contribution in [0.3, 0.4) is 0 Å². The van der Waals surface area contributed by atoms with Gasteiger partial charge in [-0.3, -0.25) is 0 Å². The van der Waals surface area contributed by atoms with Crippen molar-refractivity contribution in [1.29, 1.82) is 0 Å². The summed E-state index contributed by atoms with van der Waals surface area (Å²) >= 11 is 0. The van der Waals surface area contributed by atoms with E-state index in [4.69, 9.17) is 9.47 Å². The molecule has 0 aromatic heterocycles. The molecule has 4 nitrogen and oxygen atoms in total. The molecule has 0 spiro atoms. The van der Waals surface area contributed by atoms with Gasteiger partial charge < -0.3 is 19.3 Å². The average Bonchev–Trinajstić information content (AvgIpc) is 3.84.